The summed E-state index contributed by atoms with van der Waals surface area (Å²) in [7, 11) is 1.94. The Morgan fingerprint density at radius 2 is 2.31 bits per heavy atom. The zero-order chi connectivity index (χ0) is 11.5. The maximum Gasteiger partial charge on any atom is 0.191 e. The molecule has 16 heavy (non-hydrogen) atoms. The highest BCUT2D eigenvalue weighted by Gasteiger charge is 2.29. The Morgan fingerprint density at radius 3 is 2.94 bits per heavy atom. The molecular weight excluding hydrogens is 224 g/mol. The molecule has 0 spiro atoms. The van der Waals surface area contributed by atoms with Crippen LogP contribution in [-0.2, 0) is 13.5 Å². The predicted octanol–water partition coefficient (Wildman–Crippen LogP) is 0.179. The highest BCUT2D eigenvalue weighted by Crippen LogP contribution is 2.34. The number of hydrogen-bond acceptors (Lipinski definition) is 5. The van der Waals surface area contributed by atoms with Crippen molar-refractivity contribution >= 4 is 11.8 Å². The maximum absolute atomic E-state index is 9.75. The van der Waals surface area contributed by atoms with E-state index in [1.807, 2.05) is 11.6 Å². The van der Waals surface area contributed by atoms with Crippen LogP contribution in [0.4, 0.5) is 0 Å². The van der Waals surface area contributed by atoms with E-state index in [-0.39, 0.29) is 6.10 Å². The molecule has 5 nitrogen and oxygen atoms in total. The van der Waals surface area contributed by atoms with Gasteiger partial charge >= 0.3 is 0 Å². The van der Waals surface area contributed by atoms with Gasteiger partial charge in [0, 0.05) is 19.2 Å². The molecule has 3 N–H and O–H groups in total. The molecule has 0 bridgehead atoms. The molecule has 0 aromatic carbocycles. The molecule has 2 rings (SSSR count). The second-order valence-electron chi connectivity index (χ2n) is 4.21. The van der Waals surface area contributed by atoms with E-state index < -0.39 is 0 Å². The minimum atomic E-state index is -0.195. The quantitative estimate of drug-likeness (QED) is 0.696. The fraction of sp³-hybridized carbons (Fsp3) is 0.800. The topological polar surface area (TPSA) is 77.0 Å². The summed E-state index contributed by atoms with van der Waals surface area (Å²) < 4.78 is 1.96. The first-order valence-electron chi connectivity index (χ1n) is 5.61. The summed E-state index contributed by atoms with van der Waals surface area (Å²) in [6.45, 7) is 0.585. The van der Waals surface area contributed by atoms with Crippen molar-refractivity contribution in [2.45, 2.75) is 30.5 Å². The van der Waals surface area contributed by atoms with E-state index in [0.29, 0.717) is 18.2 Å². The summed E-state index contributed by atoms with van der Waals surface area (Å²) in [5.74, 6) is 2.13. The minimum Gasteiger partial charge on any atom is -0.392 e. The lowest BCUT2D eigenvalue weighted by molar-refractivity contribution is 0.176. The van der Waals surface area contributed by atoms with E-state index in [2.05, 4.69) is 10.2 Å². The van der Waals surface area contributed by atoms with Gasteiger partial charge in [0.05, 0.1) is 6.10 Å². The van der Waals surface area contributed by atoms with Gasteiger partial charge in [-0.2, -0.15) is 0 Å². The van der Waals surface area contributed by atoms with E-state index in [1.54, 1.807) is 11.8 Å². The Balaban J connectivity index is 1.88. The Hall–Kier alpha value is -0.590. The van der Waals surface area contributed by atoms with Crippen molar-refractivity contribution in [3.63, 3.8) is 0 Å². The molecule has 0 unspecified atom stereocenters. The van der Waals surface area contributed by atoms with Gasteiger partial charge in [-0.3, -0.25) is 0 Å². The summed E-state index contributed by atoms with van der Waals surface area (Å²) in [4.78, 5) is 0. The predicted molar refractivity (Wildman–Crippen MR) is 63.2 cm³/mol. The number of thioether (sulfide) groups is 1. The lowest BCUT2D eigenvalue weighted by Gasteiger charge is -2.07. The van der Waals surface area contributed by atoms with Crippen molar-refractivity contribution in [2.24, 2.45) is 18.7 Å². The Morgan fingerprint density at radius 1 is 1.56 bits per heavy atom. The normalized spacial score (nSPS) is 17.7. The molecule has 0 saturated heterocycles. The number of aliphatic hydroxyl groups is 1. The van der Waals surface area contributed by atoms with Crippen LogP contribution in [0.3, 0.4) is 0 Å². The Kier molecular flexibility index (Phi) is 3.83. The number of nitrogens with two attached hydrogens (primary N) is 1. The molecule has 0 amide bonds. The van der Waals surface area contributed by atoms with Gasteiger partial charge in [-0.15, -0.1) is 10.2 Å². The summed E-state index contributed by atoms with van der Waals surface area (Å²) in [6, 6.07) is 0. The molecule has 90 valence electrons. The monoisotopic (exact) mass is 242 g/mol. The van der Waals surface area contributed by atoms with E-state index >= 15 is 0 Å². The molecule has 6 heteroatoms. The third kappa shape index (κ3) is 2.75. The second-order valence-corrected chi connectivity index (χ2v) is 5.20. The van der Waals surface area contributed by atoms with Crippen LogP contribution in [0.25, 0.3) is 0 Å². The van der Waals surface area contributed by atoms with Crippen molar-refractivity contribution in [2.75, 3.05) is 12.3 Å². The van der Waals surface area contributed by atoms with Gasteiger partial charge in [0.15, 0.2) is 5.16 Å². The third-order valence-electron chi connectivity index (χ3n) is 2.84. The SMILES string of the molecule is Cn1c(CCN)nnc1SC[C@@H](O)C1CC1. The van der Waals surface area contributed by atoms with Crippen molar-refractivity contribution in [3.05, 3.63) is 5.82 Å². The fourth-order valence-electron chi connectivity index (χ4n) is 1.59. The highest BCUT2D eigenvalue weighted by atomic mass is 32.2. The van der Waals surface area contributed by atoms with Crippen molar-refractivity contribution < 1.29 is 5.11 Å². The first-order valence-corrected chi connectivity index (χ1v) is 6.60. The molecular formula is C10H18N4OS. The fourth-order valence-corrected chi connectivity index (χ4v) is 2.58. The van der Waals surface area contributed by atoms with Gasteiger partial charge in [0.1, 0.15) is 5.82 Å². The largest absolute Gasteiger partial charge is 0.392 e. The van der Waals surface area contributed by atoms with Crippen LogP contribution in [0, 0.1) is 5.92 Å². The van der Waals surface area contributed by atoms with Gasteiger partial charge in [-0.05, 0) is 25.3 Å². The van der Waals surface area contributed by atoms with Gasteiger partial charge in [-0.25, -0.2) is 0 Å². The summed E-state index contributed by atoms with van der Waals surface area (Å²) in [6.07, 6.45) is 2.88. The molecule has 1 heterocycles. The zero-order valence-corrected chi connectivity index (χ0v) is 10.3. The van der Waals surface area contributed by atoms with Crippen LogP contribution >= 0.6 is 11.8 Å². The highest BCUT2D eigenvalue weighted by molar-refractivity contribution is 7.99. The molecule has 0 aliphatic heterocycles. The lowest BCUT2D eigenvalue weighted by Crippen LogP contribution is -2.13. The summed E-state index contributed by atoms with van der Waals surface area (Å²) >= 11 is 1.57. The number of nitrogens with zero attached hydrogens (tertiary/aromatic N) is 3. The number of rotatable bonds is 6. The van der Waals surface area contributed by atoms with Crippen molar-refractivity contribution in [3.8, 4) is 0 Å². The smallest absolute Gasteiger partial charge is 0.191 e. The average Bonchev–Trinajstić information content (AvgIpc) is 3.05. The zero-order valence-electron chi connectivity index (χ0n) is 9.46. The Bertz CT molecular complexity index is 351. The standard InChI is InChI=1S/C10H18N4OS/c1-14-9(4-5-11)12-13-10(14)16-6-8(15)7-2-3-7/h7-8,15H,2-6,11H2,1H3/t8-/m1/s1. The number of aliphatic hydroxyl groups excluding tert-OH is 1. The van der Waals surface area contributed by atoms with Crippen LogP contribution in [0.1, 0.15) is 18.7 Å². The molecule has 1 aromatic heterocycles. The molecule has 0 radical (unpaired) electrons. The van der Waals surface area contributed by atoms with E-state index in [9.17, 15) is 5.11 Å². The van der Waals surface area contributed by atoms with Crippen LogP contribution in [0.2, 0.25) is 0 Å². The van der Waals surface area contributed by atoms with E-state index in [0.717, 1.165) is 17.4 Å². The molecule has 1 fully saturated rings. The Labute approximate surface area is 99.4 Å². The van der Waals surface area contributed by atoms with Gasteiger partial charge in [0.25, 0.3) is 0 Å². The van der Waals surface area contributed by atoms with Crippen LogP contribution < -0.4 is 5.73 Å². The molecule has 1 aliphatic carbocycles. The summed E-state index contributed by atoms with van der Waals surface area (Å²) in [5, 5.41) is 18.8. The average molecular weight is 242 g/mol. The van der Waals surface area contributed by atoms with Crippen LogP contribution in [-0.4, -0.2) is 38.3 Å². The first-order chi connectivity index (χ1) is 7.72. The molecule has 1 saturated carbocycles. The third-order valence-corrected chi connectivity index (χ3v) is 3.96. The number of hydrogen-bond donors (Lipinski definition) is 2. The van der Waals surface area contributed by atoms with Crippen molar-refractivity contribution in [1.82, 2.24) is 14.8 Å². The van der Waals surface area contributed by atoms with E-state index in [1.165, 1.54) is 12.8 Å². The van der Waals surface area contributed by atoms with Crippen molar-refractivity contribution in [1.29, 1.82) is 0 Å². The summed E-state index contributed by atoms with van der Waals surface area (Å²) in [5.41, 5.74) is 5.48. The number of aromatic nitrogens is 3. The minimum absolute atomic E-state index is 0.195. The van der Waals surface area contributed by atoms with Crippen LogP contribution in [0.5, 0.6) is 0 Å². The second kappa shape index (κ2) is 5.16. The van der Waals surface area contributed by atoms with Crippen LogP contribution in [0.15, 0.2) is 5.16 Å². The van der Waals surface area contributed by atoms with E-state index in [4.69, 9.17) is 5.73 Å². The molecule has 1 aromatic rings. The lowest BCUT2D eigenvalue weighted by atomic mass is 10.3. The van der Waals surface area contributed by atoms with Gasteiger partial charge in [0.2, 0.25) is 0 Å². The molecule has 1 atom stereocenters. The van der Waals surface area contributed by atoms with Gasteiger partial charge < -0.3 is 15.4 Å². The maximum atomic E-state index is 9.75. The first kappa shape index (κ1) is 11.9. The molecule has 1 aliphatic rings. The van der Waals surface area contributed by atoms with Gasteiger partial charge in [-0.1, -0.05) is 11.8 Å².